The van der Waals surface area contributed by atoms with Crippen molar-refractivity contribution >= 4 is 23.6 Å². The van der Waals surface area contributed by atoms with Crippen LogP contribution in [0.15, 0.2) is 18.2 Å². The lowest BCUT2D eigenvalue weighted by Crippen LogP contribution is -2.47. The molecule has 1 fully saturated rings. The van der Waals surface area contributed by atoms with Gasteiger partial charge in [0.1, 0.15) is 17.6 Å². The zero-order valence-electron chi connectivity index (χ0n) is 11.6. The van der Waals surface area contributed by atoms with Crippen molar-refractivity contribution in [2.24, 2.45) is 5.92 Å². The standard InChI is InChI=1S/C14H16FNO4S/c1-7(2)13-16(10(6-21-13)14(19)20)12(18)9-5-8(15)3-4-11(9)17/h3-5,7,10,13,17H,6H2,1-2H3,(H,19,20). The molecule has 114 valence electrons. The maximum absolute atomic E-state index is 13.3. The number of carboxylic acids is 1. The molecule has 0 spiro atoms. The molecule has 0 saturated carbocycles. The first kappa shape index (κ1) is 15.6. The summed E-state index contributed by atoms with van der Waals surface area (Å²) in [5.41, 5.74) is -0.214. The molecule has 0 bridgehead atoms. The van der Waals surface area contributed by atoms with Crippen LogP contribution in [0.4, 0.5) is 4.39 Å². The van der Waals surface area contributed by atoms with Crippen LogP contribution >= 0.6 is 11.8 Å². The zero-order chi connectivity index (χ0) is 15.7. The number of halogens is 1. The zero-order valence-corrected chi connectivity index (χ0v) is 12.4. The maximum Gasteiger partial charge on any atom is 0.327 e. The first-order valence-electron chi connectivity index (χ1n) is 6.48. The molecule has 0 aliphatic carbocycles. The van der Waals surface area contributed by atoms with Gasteiger partial charge in [-0.15, -0.1) is 11.8 Å². The molecular weight excluding hydrogens is 297 g/mol. The van der Waals surface area contributed by atoms with Crippen LogP contribution in [-0.4, -0.2) is 44.2 Å². The van der Waals surface area contributed by atoms with E-state index in [0.717, 1.165) is 18.2 Å². The Morgan fingerprint density at radius 3 is 2.67 bits per heavy atom. The SMILES string of the molecule is CC(C)C1SCC(C(=O)O)N1C(=O)c1cc(F)ccc1O. The van der Waals surface area contributed by atoms with Gasteiger partial charge in [-0.3, -0.25) is 4.79 Å². The highest BCUT2D eigenvalue weighted by molar-refractivity contribution is 8.00. The summed E-state index contributed by atoms with van der Waals surface area (Å²) in [6, 6.07) is 2.08. The van der Waals surface area contributed by atoms with E-state index in [2.05, 4.69) is 0 Å². The molecule has 1 aliphatic rings. The molecule has 2 rings (SSSR count). The van der Waals surface area contributed by atoms with E-state index in [1.807, 2.05) is 13.8 Å². The smallest absolute Gasteiger partial charge is 0.327 e. The molecule has 1 aliphatic heterocycles. The highest BCUT2D eigenvalue weighted by Crippen LogP contribution is 2.36. The molecule has 1 amide bonds. The highest BCUT2D eigenvalue weighted by atomic mass is 32.2. The molecule has 2 unspecified atom stereocenters. The average Bonchev–Trinajstić information content (AvgIpc) is 2.85. The normalized spacial score (nSPS) is 21.8. The Labute approximate surface area is 125 Å². The van der Waals surface area contributed by atoms with Crippen LogP contribution < -0.4 is 0 Å². The fraction of sp³-hybridized carbons (Fsp3) is 0.429. The topological polar surface area (TPSA) is 77.8 Å². The Morgan fingerprint density at radius 1 is 1.43 bits per heavy atom. The van der Waals surface area contributed by atoms with Crippen molar-refractivity contribution < 1.29 is 24.2 Å². The third kappa shape index (κ3) is 2.97. The first-order valence-corrected chi connectivity index (χ1v) is 7.53. The molecule has 5 nitrogen and oxygen atoms in total. The molecule has 1 aromatic carbocycles. The molecule has 1 aromatic rings. The largest absolute Gasteiger partial charge is 0.507 e. The van der Waals surface area contributed by atoms with Crippen molar-refractivity contribution in [1.82, 2.24) is 4.90 Å². The van der Waals surface area contributed by atoms with Gasteiger partial charge in [0.2, 0.25) is 0 Å². The second kappa shape index (κ2) is 5.93. The van der Waals surface area contributed by atoms with Gasteiger partial charge in [-0.1, -0.05) is 13.8 Å². The van der Waals surface area contributed by atoms with Gasteiger partial charge in [-0.2, -0.15) is 0 Å². The molecule has 21 heavy (non-hydrogen) atoms. The Bertz CT molecular complexity index is 578. The van der Waals surface area contributed by atoms with E-state index in [4.69, 9.17) is 0 Å². The minimum absolute atomic E-state index is 0.0407. The summed E-state index contributed by atoms with van der Waals surface area (Å²) in [6.45, 7) is 3.77. The van der Waals surface area contributed by atoms with Gasteiger partial charge in [-0.25, -0.2) is 9.18 Å². The van der Waals surface area contributed by atoms with Gasteiger partial charge in [0, 0.05) is 5.75 Å². The van der Waals surface area contributed by atoms with E-state index in [9.17, 15) is 24.2 Å². The highest BCUT2D eigenvalue weighted by Gasteiger charge is 2.43. The van der Waals surface area contributed by atoms with Gasteiger partial charge in [0.15, 0.2) is 0 Å². The van der Waals surface area contributed by atoms with Crippen molar-refractivity contribution in [2.45, 2.75) is 25.3 Å². The number of phenols is 1. The van der Waals surface area contributed by atoms with Crippen molar-refractivity contribution in [3.05, 3.63) is 29.6 Å². The molecular formula is C14H16FNO4S. The molecule has 2 N–H and O–H groups in total. The van der Waals surface area contributed by atoms with Crippen molar-refractivity contribution in [3.8, 4) is 5.75 Å². The molecule has 1 saturated heterocycles. The number of thioether (sulfide) groups is 1. The molecule has 0 aromatic heterocycles. The molecule has 7 heteroatoms. The summed E-state index contributed by atoms with van der Waals surface area (Å²) < 4.78 is 13.3. The molecule has 2 atom stereocenters. The van der Waals surface area contributed by atoms with Crippen LogP contribution in [0.25, 0.3) is 0 Å². The number of carboxylic acid groups (broad SMARTS) is 1. The van der Waals surface area contributed by atoms with Crippen LogP contribution in [0.1, 0.15) is 24.2 Å². The minimum Gasteiger partial charge on any atom is -0.507 e. The second-order valence-corrected chi connectivity index (χ2v) is 6.35. The number of carbonyl (C=O) groups excluding carboxylic acids is 1. The third-order valence-electron chi connectivity index (χ3n) is 3.31. The van der Waals surface area contributed by atoms with Crippen LogP contribution in [-0.2, 0) is 4.79 Å². The van der Waals surface area contributed by atoms with E-state index in [-0.39, 0.29) is 28.4 Å². The predicted octanol–water partition coefficient (Wildman–Crippen LogP) is 2.16. The Morgan fingerprint density at radius 2 is 2.10 bits per heavy atom. The number of carbonyl (C=O) groups is 2. The lowest BCUT2D eigenvalue weighted by atomic mass is 10.1. The Balaban J connectivity index is 2.41. The van der Waals surface area contributed by atoms with Crippen LogP contribution in [0.2, 0.25) is 0 Å². The third-order valence-corrected chi connectivity index (χ3v) is 4.93. The lowest BCUT2D eigenvalue weighted by Gasteiger charge is -2.30. The number of aliphatic carboxylic acids is 1. The van der Waals surface area contributed by atoms with Crippen LogP contribution in [0, 0.1) is 11.7 Å². The summed E-state index contributed by atoms with van der Waals surface area (Å²) in [4.78, 5) is 25.1. The van der Waals surface area contributed by atoms with Gasteiger partial charge in [-0.05, 0) is 24.1 Å². The van der Waals surface area contributed by atoms with Crippen LogP contribution in [0.5, 0.6) is 5.75 Å². The maximum atomic E-state index is 13.3. The summed E-state index contributed by atoms with van der Waals surface area (Å²) in [7, 11) is 0. The number of aromatic hydroxyl groups is 1. The van der Waals surface area contributed by atoms with Crippen molar-refractivity contribution in [2.75, 3.05) is 5.75 Å². The summed E-state index contributed by atoms with van der Waals surface area (Å²) in [6.07, 6.45) is 0. The first-order chi connectivity index (χ1) is 9.82. The van der Waals surface area contributed by atoms with E-state index in [1.165, 1.54) is 16.7 Å². The van der Waals surface area contributed by atoms with E-state index >= 15 is 0 Å². The number of phenolic OH excluding ortho intramolecular Hbond substituents is 1. The molecule has 0 radical (unpaired) electrons. The van der Waals surface area contributed by atoms with E-state index in [1.54, 1.807) is 0 Å². The fourth-order valence-corrected chi connectivity index (χ4v) is 3.78. The average molecular weight is 313 g/mol. The molecule has 1 heterocycles. The van der Waals surface area contributed by atoms with Gasteiger partial charge in [0.25, 0.3) is 5.91 Å². The number of hydrogen-bond acceptors (Lipinski definition) is 4. The summed E-state index contributed by atoms with van der Waals surface area (Å²) >= 11 is 1.38. The predicted molar refractivity (Wildman–Crippen MR) is 76.7 cm³/mol. The van der Waals surface area contributed by atoms with Gasteiger partial charge < -0.3 is 15.1 Å². The van der Waals surface area contributed by atoms with E-state index < -0.39 is 23.7 Å². The monoisotopic (exact) mass is 313 g/mol. The second-order valence-electron chi connectivity index (χ2n) is 5.20. The fourth-order valence-electron chi connectivity index (χ4n) is 2.31. The quantitative estimate of drug-likeness (QED) is 0.894. The number of nitrogens with zero attached hydrogens (tertiary/aromatic N) is 1. The Kier molecular flexibility index (Phi) is 4.41. The number of rotatable bonds is 3. The van der Waals surface area contributed by atoms with Crippen LogP contribution in [0.3, 0.4) is 0 Å². The summed E-state index contributed by atoms with van der Waals surface area (Å²) in [5, 5.41) is 18.7. The number of benzene rings is 1. The van der Waals surface area contributed by atoms with E-state index in [0.29, 0.717) is 0 Å². The number of hydrogen-bond donors (Lipinski definition) is 2. The van der Waals surface area contributed by atoms with Gasteiger partial charge >= 0.3 is 5.97 Å². The minimum atomic E-state index is -1.10. The lowest BCUT2D eigenvalue weighted by molar-refractivity contribution is -0.141. The van der Waals surface area contributed by atoms with Crippen molar-refractivity contribution in [1.29, 1.82) is 0 Å². The van der Waals surface area contributed by atoms with Crippen molar-refractivity contribution in [3.63, 3.8) is 0 Å². The number of amides is 1. The summed E-state index contributed by atoms with van der Waals surface area (Å²) in [5.74, 6) is -2.46. The van der Waals surface area contributed by atoms with Gasteiger partial charge in [0.05, 0.1) is 10.9 Å². The Hall–Kier alpha value is -1.76.